The summed E-state index contributed by atoms with van der Waals surface area (Å²) in [5.41, 5.74) is -1.44. The van der Waals surface area contributed by atoms with E-state index in [2.05, 4.69) is 15.5 Å². The van der Waals surface area contributed by atoms with E-state index < -0.39 is 41.7 Å². The average Bonchev–Trinajstić information content (AvgIpc) is 3.30. The lowest BCUT2D eigenvalue weighted by atomic mass is 10.1. The van der Waals surface area contributed by atoms with Crippen LogP contribution >= 0.6 is 0 Å². The number of carbonyl (C=O) groups excluding carboxylic acids is 1. The van der Waals surface area contributed by atoms with Crippen LogP contribution in [0, 0.1) is 0 Å². The molecule has 0 saturated carbocycles. The van der Waals surface area contributed by atoms with Crippen molar-refractivity contribution in [2.45, 2.75) is 70.5 Å². The van der Waals surface area contributed by atoms with Gasteiger partial charge >= 0.3 is 12.4 Å². The highest BCUT2D eigenvalue weighted by atomic mass is 19.4. The molecular formula is C18H21F6N5O. The third kappa shape index (κ3) is 4.46. The van der Waals surface area contributed by atoms with Crippen molar-refractivity contribution in [2.24, 2.45) is 0 Å². The van der Waals surface area contributed by atoms with Crippen molar-refractivity contribution >= 4 is 5.91 Å². The van der Waals surface area contributed by atoms with Crippen LogP contribution in [0.3, 0.4) is 0 Å². The molecule has 0 aliphatic heterocycles. The van der Waals surface area contributed by atoms with Crippen LogP contribution in [-0.4, -0.2) is 31.5 Å². The summed E-state index contributed by atoms with van der Waals surface area (Å²) < 4.78 is 80.0. The van der Waals surface area contributed by atoms with Crippen LogP contribution in [0.15, 0.2) is 12.3 Å². The largest absolute Gasteiger partial charge is 0.435 e. The first-order chi connectivity index (χ1) is 13.9. The predicted octanol–water partition coefficient (Wildman–Crippen LogP) is 3.76. The van der Waals surface area contributed by atoms with Crippen LogP contribution in [0.5, 0.6) is 0 Å². The standard InChI is InChI=1S/C18H21F6N5O/c1-3-12(29-13-6-4-5-11(13)15(27-29)18(22,23)24)16(30)25-10(2)9-28-8-7-14(26-28)17(19,20)21/h7-8,10,12H,3-6,9H2,1-2H3,(H,25,30)/t10-,12+/m0/s1. The number of rotatable bonds is 6. The van der Waals surface area contributed by atoms with Crippen LogP contribution < -0.4 is 5.32 Å². The lowest BCUT2D eigenvalue weighted by Gasteiger charge is -2.21. The molecule has 0 aromatic carbocycles. The fourth-order valence-electron chi connectivity index (χ4n) is 3.70. The van der Waals surface area contributed by atoms with Gasteiger partial charge in [0.15, 0.2) is 11.4 Å². The summed E-state index contributed by atoms with van der Waals surface area (Å²) in [7, 11) is 0. The van der Waals surface area contributed by atoms with Crippen molar-refractivity contribution in [3.63, 3.8) is 0 Å². The van der Waals surface area contributed by atoms with E-state index in [0.29, 0.717) is 18.5 Å². The first-order valence-electron chi connectivity index (χ1n) is 9.50. The lowest BCUT2D eigenvalue weighted by molar-refractivity contribution is -0.142. The molecule has 2 aromatic rings. The average molecular weight is 437 g/mol. The van der Waals surface area contributed by atoms with E-state index in [1.54, 1.807) is 13.8 Å². The highest BCUT2D eigenvalue weighted by Crippen LogP contribution is 2.37. The smallest absolute Gasteiger partial charge is 0.350 e. The van der Waals surface area contributed by atoms with E-state index in [9.17, 15) is 31.1 Å². The van der Waals surface area contributed by atoms with Crippen LogP contribution in [0.2, 0.25) is 0 Å². The van der Waals surface area contributed by atoms with E-state index in [1.165, 1.54) is 0 Å². The Labute approximate surface area is 168 Å². The molecule has 1 aliphatic rings. The number of carbonyl (C=O) groups is 1. The quantitative estimate of drug-likeness (QED) is 0.700. The minimum atomic E-state index is -4.60. The van der Waals surface area contributed by atoms with Gasteiger partial charge in [0.25, 0.3) is 0 Å². The Kier molecular flexibility index (Phi) is 5.87. The summed E-state index contributed by atoms with van der Waals surface area (Å²) in [5, 5.41) is 9.77. The molecule has 166 valence electrons. The van der Waals surface area contributed by atoms with Gasteiger partial charge in [-0.05, 0) is 38.7 Å². The summed E-state index contributed by atoms with van der Waals surface area (Å²) >= 11 is 0. The second kappa shape index (κ2) is 7.95. The number of nitrogens with zero attached hydrogens (tertiary/aromatic N) is 4. The summed E-state index contributed by atoms with van der Waals surface area (Å²) in [5.74, 6) is -0.542. The van der Waals surface area contributed by atoms with Crippen molar-refractivity contribution in [3.05, 3.63) is 34.9 Å². The molecule has 3 rings (SSSR count). The number of aromatic nitrogens is 4. The number of fused-ring (bicyclic) bond motifs is 1. The highest BCUT2D eigenvalue weighted by Gasteiger charge is 2.41. The zero-order valence-corrected chi connectivity index (χ0v) is 16.3. The van der Waals surface area contributed by atoms with Crippen molar-refractivity contribution in [1.82, 2.24) is 24.9 Å². The van der Waals surface area contributed by atoms with E-state index in [0.717, 1.165) is 21.6 Å². The van der Waals surface area contributed by atoms with Gasteiger partial charge in [-0.15, -0.1) is 0 Å². The van der Waals surface area contributed by atoms with Gasteiger partial charge in [0, 0.05) is 23.5 Å². The maximum atomic E-state index is 13.3. The minimum Gasteiger partial charge on any atom is -0.350 e. The first kappa shape index (κ1) is 22.2. The maximum absolute atomic E-state index is 13.3. The van der Waals surface area contributed by atoms with Crippen LogP contribution in [-0.2, 0) is 36.5 Å². The summed E-state index contributed by atoms with van der Waals surface area (Å²) in [4.78, 5) is 12.7. The molecule has 1 N–H and O–H groups in total. The van der Waals surface area contributed by atoms with Gasteiger partial charge in [-0.3, -0.25) is 14.2 Å². The number of halogens is 6. The van der Waals surface area contributed by atoms with Gasteiger partial charge in [-0.2, -0.15) is 36.5 Å². The zero-order valence-electron chi connectivity index (χ0n) is 16.3. The van der Waals surface area contributed by atoms with Crippen molar-refractivity contribution in [3.8, 4) is 0 Å². The molecule has 1 amide bonds. The summed E-state index contributed by atoms with van der Waals surface area (Å²) in [6.07, 6.45) is -6.57. The topological polar surface area (TPSA) is 64.7 Å². The van der Waals surface area contributed by atoms with E-state index in [4.69, 9.17) is 0 Å². The molecule has 2 heterocycles. The third-order valence-electron chi connectivity index (χ3n) is 4.99. The molecule has 0 radical (unpaired) electrons. The Morgan fingerprint density at radius 1 is 1.17 bits per heavy atom. The number of hydrogen-bond donors (Lipinski definition) is 1. The second-order valence-corrected chi connectivity index (χ2v) is 7.32. The van der Waals surface area contributed by atoms with Crippen molar-refractivity contribution in [1.29, 1.82) is 0 Å². The fraction of sp³-hybridized carbons (Fsp3) is 0.611. The van der Waals surface area contributed by atoms with Crippen molar-refractivity contribution < 1.29 is 31.1 Å². The van der Waals surface area contributed by atoms with Crippen LogP contribution in [0.1, 0.15) is 55.4 Å². The van der Waals surface area contributed by atoms with Gasteiger partial charge in [0.1, 0.15) is 6.04 Å². The fourth-order valence-corrected chi connectivity index (χ4v) is 3.70. The predicted molar refractivity (Wildman–Crippen MR) is 93.4 cm³/mol. The lowest BCUT2D eigenvalue weighted by Crippen LogP contribution is -2.41. The van der Waals surface area contributed by atoms with E-state index in [-0.39, 0.29) is 24.9 Å². The van der Waals surface area contributed by atoms with Gasteiger partial charge < -0.3 is 5.32 Å². The van der Waals surface area contributed by atoms with Gasteiger partial charge in [-0.25, -0.2) is 0 Å². The zero-order chi connectivity index (χ0) is 22.3. The van der Waals surface area contributed by atoms with E-state index >= 15 is 0 Å². The Morgan fingerprint density at radius 2 is 1.87 bits per heavy atom. The molecule has 0 saturated heterocycles. The highest BCUT2D eigenvalue weighted by molar-refractivity contribution is 5.80. The molecule has 2 atom stereocenters. The molecule has 1 aliphatic carbocycles. The molecular weight excluding hydrogens is 416 g/mol. The van der Waals surface area contributed by atoms with Gasteiger partial charge in [0.2, 0.25) is 5.91 Å². The molecule has 0 unspecified atom stereocenters. The molecule has 0 fully saturated rings. The van der Waals surface area contributed by atoms with Crippen LogP contribution in [0.4, 0.5) is 26.3 Å². The Hall–Kier alpha value is -2.53. The summed E-state index contributed by atoms with van der Waals surface area (Å²) in [6, 6.07) is -0.716. The monoisotopic (exact) mass is 437 g/mol. The first-order valence-corrected chi connectivity index (χ1v) is 9.50. The third-order valence-corrected chi connectivity index (χ3v) is 4.99. The number of amides is 1. The Bertz CT molecular complexity index is 913. The SMILES string of the molecule is CC[C@H](C(=O)N[C@@H](C)Cn1ccc(C(F)(F)F)n1)n1nc(C(F)(F)F)c2c1CCC2. The second-order valence-electron chi connectivity index (χ2n) is 7.32. The number of alkyl halides is 6. The van der Waals surface area contributed by atoms with Gasteiger partial charge in [0.05, 0.1) is 6.54 Å². The molecule has 0 spiro atoms. The molecule has 6 nitrogen and oxygen atoms in total. The summed E-state index contributed by atoms with van der Waals surface area (Å²) in [6.45, 7) is 3.21. The number of hydrogen-bond acceptors (Lipinski definition) is 3. The Balaban J connectivity index is 1.73. The minimum absolute atomic E-state index is 0.0245. The Morgan fingerprint density at radius 3 is 2.43 bits per heavy atom. The number of nitrogens with one attached hydrogen (secondary N) is 1. The van der Waals surface area contributed by atoms with E-state index in [1.807, 2.05) is 0 Å². The molecule has 0 bridgehead atoms. The molecule has 30 heavy (non-hydrogen) atoms. The molecule has 12 heteroatoms. The molecule has 2 aromatic heterocycles. The normalized spacial score (nSPS) is 16.4. The van der Waals surface area contributed by atoms with Crippen molar-refractivity contribution in [2.75, 3.05) is 0 Å². The maximum Gasteiger partial charge on any atom is 0.435 e. The van der Waals surface area contributed by atoms with Gasteiger partial charge in [-0.1, -0.05) is 6.92 Å². The van der Waals surface area contributed by atoms with Crippen LogP contribution in [0.25, 0.3) is 0 Å².